The molecule has 0 fully saturated rings. The van der Waals surface area contributed by atoms with Gasteiger partial charge in [0.05, 0.1) is 11.3 Å². The average Bonchev–Trinajstić information content (AvgIpc) is 3.16. The molecule has 4 N–H and O–H groups in total. The van der Waals surface area contributed by atoms with Crippen molar-refractivity contribution in [1.29, 1.82) is 0 Å². The van der Waals surface area contributed by atoms with E-state index in [1.165, 1.54) is 6.20 Å². The van der Waals surface area contributed by atoms with Crippen LogP contribution >= 0.6 is 0 Å². The second-order valence-electron chi connectivity index (χ2n) is 5.44. The van der Waals surface area contributed by atoms with E-state index in [4.69, 9.17) is 0 Å². The van der Waals surface area contributed by atoms with Crippen molar-refractivity contribution in [2.24, 2.45) is 0 Å². The maximum Gasteiger partial charge on any atom is 0.269 e. The van der Waals surface area contributed by atoms with Gasteiger partial charge in [0.1, 0.15) is 11.4 Å². The quantitative estimate of drug-likeness (QED) is 0.500. The molecule has 2 aromatic heterocycles. The molecule has 0 aliphatic carbocycles. The summed E-state index contributed by atoms with van der Waals surface area (Å²) in [6.45, 7) is 0.537. The molecule has 0 atom stereocenters. The van der Waals surface area contributed by atoms with Crippen molar-refractivity contribution >= 4 is 11.8 Å². The van der Waals surface area contributed by atoms with E-state index < -0.39 is 0 Å². The van der Waals surface area contributed by atoms with Crippen LogP contribution in [-0.2, 0) is 0 Å². The summed E-state index contributed by atoms with van der Waals surface area (Å²) >= 11 is 0. The minimum absolute atomic E-state index is 0.0871. The van der Waals surface area contributed by atoms with E-state index in [9.17, 15) is 14.7 Å². The van der Waals surface area contributed by atoms with Crippen molar-refractivity contribution in [2.45, 2.75) is 0 Å². The van der Waals surface area contributed by atoms with E-state index in [1.54, 1.807) is 48.7 Å². The van der Waals surface area contributed by atoms with Gasteiger partial charge in [0.2, 0.25) is 0 Å². The maximum absolute atomic E-state index is 12.1. The van der Waals surface area contributed by atoms with Crippen molar-refractivity contribution in [3.8, 4) is 17.0 Å². The number of hydrogen-bond acceptors (Lipinski definition) is 5. The molecule has 26 heavy (non-hydrogen) atoms. The van der Waals surface area contributed by atoms with Crippen LogP contribution in [0.1, 0.15) is 20.8 Å². The lowest BCUT2D eigenvalue weighted by molar-refractivity contribution is 0.0925. The molecule has 0 saturated heterocycles. The van der Waals surface area contributed by atoms with Crippen LogP contribution in [0.15, 0.2) is 54.9 Å². The lowest BCUT2D eigenvalue weighted by atomic mass is 10.1. The first-order chi connectivity index (χ1) is 12.6. The third kappa shape index (κ3) is 4.04. The second-order valence-corrected chi connectivity index (χ2v) is 5.44. The number of para-hydroxylation sites is 1. The zero-order valence-corrected chi connectivity index (χ0v) is 13.8. The maximum atomic E-state index is 12.1. The number of carbonyl (C=O) groups is 2. The molecule has 0 bridgehead atoms. The summed E-state index contributed by atoms with van der Waals surface area (Å²) in [5.41, 5.74) is 1.73. The normalized spacial score (nSPS) is 10.3. The largest absolute Gasteiger partial charge is 0.507 e. The summed E-state index contributed by atoms with van der Waals surface area (Å²) in [4.78, 5) is 27.8. The van der Waals surface area contributed by atoms with Crippen molar-refractivity contribution < 1.29 is 14.7 Å². The molecule has 1 aromatic carbocycles. The minimum atomic E-state index is -0.352. The number of amides is 2. The zero-order chi connectivity index (χ0) is 18.4. The monoisotopic (exact) mass is 351 g/mol. The number of pyridine rings is 1. The van der Waals surface area contributed by atoms with E-state index in [1.807, 2.05) is 0 Å². The molecule has 3 aromatic rings. The zero-order valence-electron chi connectivity index (χ0n) is 13.8. The van der Waals surface area contributed by atoms with Gasteiger partial charge in [-0.05, 0) is 30.3 Å². The lowest BCUT2D eigenvalue weighted by Gasteiger charge is -2.06. The summed E-state index contributed by atoms with van der Waals surface area (Å²) in [6.07, 6.45) is 3.06. The molecule has 132 valence electrons. The van der Waals surface area contributed by atoms with Crippen LogP contribution in [0, 0.1) is 0 Å². The Bertz CT molecular complexity index is 908. The summed E-state index contributed by atoms with van der Waals surface area (Å²) < 4.78 is 0. The predicted molar refractivity (Wildman–Crippen MR) is 94.6 cm³/mol. The third-order valence-electron chi connectivity index (χ3n) is 3.62. The molecular weight excluding hydrogens is 334 g/mol. The fourth-order valence-corrected chi connectivity index (χ4v) is 2.31. The fourth-order valence-electron chi connectivity index (χ4n) is 2.31. The van der Waals surface area contributed by atoms with E-state index in [-0.39, 0.29) is 36.3 Å². The Hall–Kier alpha value is -3.68. The minimum Gasteiger partial charge on any atom is -0.507 e. The standard InChI is InChI=1S/C18H17N5O3/c24-16-6-2-1-5-13(16)14-10-15(23-22-14)18(26)21-9-8-20-17(25)12-4-3-7-19-11-12/h1-7,10-11,24H,8-9H2,(H,20,25)(H,21,26)(H,22,23). The van der Waals surface area contributed by atoms with E-state index >= 15 is 0 Å². The number of H-pyrrole nitrogens is 1. The van der Waals surface area contributed by atoms with Crippen LogP contribution in [0.5, 0.6) is 5.75 Å². The van der Waals surface area contributed by atoms with E-state index in [2.05, 4.69) is 25.8 Å². The number of phenols is 1. The SMILES string of the molecule is O=C(NCCNC(=O)c1cc(-c2ccccc2O)n[nH]1)c1cccnc1. The molecule has 2 amide bonds. The number of nitrogens with one attached hydrogen (secondary N) is 3. The van der Waals surface area contributed by atoms with Gasteiger partial charge < -0.3 is 15.7 Å². The molecule has 0 radical (unpaired) electrons. The molecule has 0 unspecified atom stereocenters. The van der Waals surface area contributed by atoms with Crippen molar-refractivity contribution in [1.82, 2.24) is 25.8 Å². The van der Waals surface area contributed by atoms with Gasteiger partial charge in [0.25, 0.3) is 11.8 Å². The Kier molecular flexibility index (Phi) is 5.23. The summed E-state index contributed by atoms with van der Waals surface area (Å²) in [7, 11) is 0. The lowest BCUT2D eigenvalue weighted by Crippen LogP contribution is -2.34. The van der Waals surface area contributed by atoms with Crippen LogP contribution in [0.2, 0.25) is 0 Å². The van der Waals surface area contributed by atoms with Gasteiger partial charge in [0.15, 0.2) is 0 Å². The predicted octanol–water partition coefficient (Wildman–Crippen LogP) is 1.34. The van der Waals surface area contributed by atoms with Crippen molar-refractivity contribution in [3.05, 3.63) is 66.1 Å². The molecular formula is C18H17N5O3. The number of carbonyl (C=O) groups excluding carboxylic acids is 2. The molecule has 8 nitrogen and oxygen atoms in total. The number of aromatic hydroxyl groups is 1. The number of rotatable bonds is 6. The molecule has 0 aliphatic heterocycles. The highest BCUT2D eigenvalue weighted by molar-refractivity contribution is 5.94. The molecule has 8 heteroatoms. The molecule has 0 saturated carbocycles. The van der Waals surface area contributed by atoms with Gasteiger partial charge in [-0.1, -0.05) is 12.1 Å². The van der Waals surface area contributed by atoms with Crippen LogP contribution in [0.3, 0.4) is 0 Å². The van der Waals surface area contributed by atoms with Crippen LogP contribution in [0.25, 0.3) is 11.3 Å². The Morgan fingerprint density at radius 2 is 1.81 bits per heavy atom. The summed E-state index contributed by atoms with van der Waals surface area (Å²) in [5, 5.41) is 21.9. The third-order valence-corrected chi connectivity index (χ3v) is 3.62. The fraction of sp³-hybridized carbons (Fsp3) is 0.111. The Balaban J connectivity index is 1.50. The number of hydrogen-bond donors (Lipinski definition) is 4. The first-order valence-corrected chi connectivity index (χ1v) is 7.95. The van der Waals surface area contributed by atoms with Crippen LogP contribution in [0.4, 0.5) is 0 Å². The number of phenolic OH excluding ortho intramolecular Hbond substituents is 1. The van der Waals surface area contributed by atoms with Gasteiger partial charge in [-0.15, -0.1) is 0 Å². The molecule has 0 spiro atoms. The molecule has 3 rings (SSSR count). The van der Waals surface area contributed by atoms with E-state index in [0.29, 0.717) is 16.8 Å². The van der Waals surface area contributed by atoms with Crippen molar-refractivity contribution in [2.75, 3.05) is 13.1 Å². The Morgan fingerprint density at radius 3 is 2.54 bits per heavy atom. The first-order valence-electron chi connectivity index (χ1n) is 7.95. The number of benzene rings is 1. The van der Waals surface area contributed by atoms with Gasteiger partial charge in [-0.3, -0.25) is 19.7 Å². The number of aromatic amines is 1. The van der Waals surface area contributed by atoms with Crippen LogP contribution < -0.4 is 10.6 Å². The van der Waals surface area contributed by atoms with Gasteiger partial charge in [-0.2, -0.15) is 5.10 Å². The Labute approximate surface area is 149 Å². The molecule has 0 aliphatic rings. The molecule has 2 heterocycles. The summed E-state index contributed by atoms with van der Waals surface area (Å²) in [6, 6.07) is 11.6. The highest BCUT2D eigenvalue weighted by Gasteiger charge is 2.13. The average molecular weight is 351 g/mol. The highest BCUT2D eigenvalue weighted by atomic mass is 16.3. The number of nitrogens with zero attached hydrogens (tertiary/aromatic N) is 2. The topological polar surface area (TPSA) is 120 Å². The first kappa shape index (κ1) is 17.2. The Morgan fingerprint density at radius 1 is 1.04 bits per heavy atom. The smallest absolute Gasteiger partial charge is 0.269 e. The van der Waals surface area contributed by atoms with Crippen molar-refractivity contribution in [3.63, 3.8) is 0 Å². The van der Waals surface area contributed by atoms with Crippen LogP contribution in [-0.4, -0.2) is 45.2 Å². The van der Waals surface area contributed by atoms with Gasteiger partial charge in [0, 0.05) is 31.0 Å². The van der Waals surface area contributed by atoms with Gasteiger partial charge >= 0.3 is 0 Å². The highest BCUT2D eigenvalue weighted by Crippen LogP contribution is 2.27. The summed E-state index contributed by atoms with van der Waals surface area (Å²) in [5.74, 6) is -0.519. The van der Waals surface area contributed by atoms with E-state index in [0.717, 1.165) is 0 Å². The number of aromatic nitrogens is 3. The second kappa shape index (κ2) is 7.93. The van der Waals surface area contributed by atoms with Gasteiger partial charge in [-0.25, -0.2) is 0 Å².